The summed E-state index contributed by atoms with van der Waals surface area (Å²) in [4.78, 5) is 10.5. The fourth-order valence-corrected chi connectivity index (χ4v) is 0.711. The summed E-state index contributed by atoms with van der Waals surface area (Å²) < 4.78 is 59.4. The van der Waals surface area contributed by atoms with Gasteiger partial charge < -0.3 is 11.1 Å². The molecule has 15 heavy (non-hydrogen) atoms. The molecule has 0 radical (unpaired) electrons. The van der Waals surface area contributed by atoms with Crippen molar-refractivity contribution in [1.29, 1.82) is 0 Å². The quantitative estimate of drug-likeness (QED) is 0.551. The highest BCUT2D eigenvalue weighted by Crippen LogP contribution is 2.35. The van der Waals surface area contributed by atoms with E-state index >= 15 is 0 Å². The van der Waals surface area contributed by atoms with E-state index in [0.29, 0.717) is 6.42 Å². The number of alkyl halides is 5. The van der Waals surface area contributed by atoms with Gasteiger partial charge in [0.25, 0.3) is 5.91 Å². The Morgan fingerprint density at radius 2 is 1.67 bits per heavy atom. The topological polar surface area (TPSA) is 55.1 Å². The summed E-state index contributed by atoms with van der Waals surface area (Å²) in [6.07, 6.45) is -5.15. The summed E-state index contributed by atoms with van der Waals surface area (Å²) in [6.45, 7) is 0.0350. The van der Waals surface area contributed by atoms with Gasteiger partial charge in [-0.3, -0.25) is 4.79 Å². The van der Waals surface area contributed by atoms with Crippen molar-refractivity contribution >= 4 is 5.91 Å². The van der Waals surface area contributed by atoms with Crippen molar-refractivity contribution in [3.8, 4) is 0 Å². The summed E-state index contributed by atoms with van der Waals surface area (Å²) in [6, 6.07) is 0. The number of nitrogens with one attached hydrogen (secondary N) is 1. The second kappa shape index (κ2) is 5.24. The number of carbonyl (C=O) groups is 1. The Morgan fingerprint density at radius 3 is 2.07 bits per heavy atom. The minimum absolute atomic E-state index is 0.248. The standard InChI is InChI=1S/C7H11F5N2O/c8-6(9,7(10,11)12)5(15)14-4-2-1-3-13/h1-4,13H2,(H,14,15). The van der Waals surface area contributed by atoms with Crippen molar-refractivity contribution in [3.63, 3.8) is 0 Å². The summed E-state index contributed by atoms with van der Waals surface area (Å²) >= 11 is 0. The van der Waals surface area contributed by atoms with Gasteiger partial charge in [-0.05, 0) is 19.4 Å². The van der Waals surface area contributed by atoms with Crippen LogP contribution in [0, 0.1) is 0 Å². The van der Waals surface area contributed by atoms with Crippen molar-refractivity contribution in [2.75, 3.05) is 13.1 Å². The van der Waals surface area contributed by atoms with Gasteiger partial charge in [0.1, 0.15) is 0 Å². The molecule has 0 aliphatic heterocycles. The smallest absolute Gasteiger partial charge is 0.351 e. The molecule has 3 nitrogen and oxygen atoms in total. The maximum absolute atomic E-state index is 12.3. The average molecular weight is 234 g/mol. The molecule has 0 heterocycles. The molecule has 0 atom stereocenters. The van der Waals surface area contributed by atoms with Gasteiger partial charge in [0.2, 0.25) is 0 Å². The van der Waals surface area contributed by atoms with Gasteiger partial charge in [-0.2, -0.15) is 22.0 Å². The van der Waals surface area contributed by atoms with Crippen molar-refractivity contribution in [2.45, 2.75) is 24.9 Å². The molecule has 90 valence electrons. The molecule has 0 spiro atoms. The van der Waals surface area contributed by atoms with Crippen molar-refractivity contribution in [1.82, 2.24) is 5.32 Å². The first kappa shape index (κ1) is 14.1. The highest BCUT2D eigenvalue weighted by atomic mass is 19.4. The first-order valence-electron chi connectivity index (χ1n) is 4.16. The Labute approximate surface area is 82.8 Å². The maximum atomic E-state index is 12.3. The second-order valence-electron chi connectivity index (χ2n) is 2.82. The van der Waals surface area contributed by atoms with Crippen LogP contribution in [0.1, 0.15) is 12.8 Å². The molecular weight excluding hydrogens is 223 g/mol. The molecule has 0 rings (SSSR count). The molecule has 0 bridgehead atoms. The zero-order valence-electron chi connectivity index (χ0n) is 7.70. The van der Waals surface area contributed by atoms with E-state index in [0.717, 1.165) is 0 Å². The van der Waals surface area contributed by atoms with Gasteiger partial charge in [-0.25, -0.2) is 0 Å². The average Bonchev–Trinajstić information content (AvgIpc) is 2.10. The van der Waals surface area contributed by atoms with Crippen LogP contribution >= 0.6 is 0 Å². The Balaban J connectivity index is 4.10. The van der Waals surface area contributed by atoms with E-state index in [1.165, 1.54) is 5.32 Å². The third-order valence-corrected chi connectivity index (χ3v) is 1.56. The van der Waals surface area contributed by atoms with Crippen LogP contribution < -0.4 is 11.1 Å². The summed E-state index contributed by atoms with van der Waals surface area (Å²) in [7, 11) is 0. The lowest BCUT2D eigenvalue weighted by Gasteiger charge is -2.18. The maximum Gasteiger partial charge on any atom is 0.463 e. The van der Waals surface area contributed by atoms with Gasteiger partial charge in [-0.15, -0.1) is 0 Å². The number of halogens is 5. The fourth-order valence-electron chi connectivity index (χ4n) is 0.711. The van der Waals surface area contributed by atoms with Crippen LogP contribution in [0.15, 0.2) is 0 Å². The van der Waals surface area contributed by atoms with E-state index < -0.39 is 18.0 Å². The van der Waals surface area contributed by atoms with E-state index in [2.05, 4.69) is 0 Å². The van der Waals surface area contributed by atoms with Gasteiger partial charge in [0.15, 0.2) is 0 Å². The molecule has 0 aliphatic carbocycles. The third kappa shape index (κ3) is 3.98. The lowest BCUT2D eigenvalue weighted by molar-refractivity contribution is -0.269. The lowest BCUT2D eigenvalue weighted by atomic mass is 10.2. The molecule has 0 aromatic rings. The lowest BCUT2D eigenvalue weighted by Crippen LogP contribution is -2.50. The van der Waals surface area contributed by atoms with Gasteiger partial charge in [0.05, 0.1) is 0 Å². The molecule has 0 aliphatic rings. The predicted molar refractivity (Wildman–Crippen MR) is 42.3 cm³/mol. The summed E-state index contributed by atoms with van der Waals surface area (Å²) in [5.74, 6) is -7.66. The SMILES string of the molecule is NCCCCNC(=O)C(F)(F)C(F)(F)F. The predicted octanol–water partition coefficient (Wildman–Crippen LogP) is 1.04. The Hall–Kier alpha value is -0.920. The minimum atomic E-state index is -5.86. The van der Waals surface area contributed by atoms with Crippen LogP contribution in [0.3, 0.4) is 0 Å². The van der Waals surface area contributed by atoms with E-state index in [9.17, 15) is 26.7 Å². The monoisotopic (exact) mass is 234 g/mol. The molecular formula is C7H11F5N2O. The molecule has 0 unspecified atom stereocenters. The number of amides is 1. The first-order valence-corrected chi connectivity index (χ1v) is 4.16. The number of hydrogen-bond acceptors (Lipinski definition) is 2. The van der Waals surface area contributed by atoms with Crippen LogP contribution in [0.2, 0.25) is 0 Å². The zero-order valence-corrected chi connectivity index (χ0v) is 7.70. The molecule has 0 saturated heterocycles. The number of carbonyl (C=O) groups excluding carboxylic acids is 1. The Kier molecular flexibility index (Phi) is 4.92. The van der Waals surface area contributed by atoms with E-state index in [4.69, 9.17) is 5.73 Å². The van der Waals surface area contributed by atoms with Gasteiger partial charge >= 0.3 is 12.1 Å². The number of rotatable bonds is 5. The Morgan fingerprint density at radius 1 is 1.13 bits per heavy atom. The largest absolute Gasteiger partial charge is 0.463 e. The van der Waals surface area contributed by atoms with E-state index in [1.54, 1.807) is 0 Å². The van der Waals surface area contributed by atoms with Crippen LogP contribution in [0.4, 0.5) is 22.0 Å². The number of nitrogens with two attached hydrogens (primary N) is 1. The molecule has 1 amide bonds. The van der Waals surface area contributed by atoms with Crippen LogP contribution in [0.5, 0.6) is 0 Å². The molecule has 0 fully saturated rings. The highest BCUT2D eigenvalue weighted by Gasteiger charge is 2.63. The first-order chi connectivity index (χ1) is 6.73. The number of unbranched alkanes of at least 4 members (excludes halogenated alkanes) is 1. The fraction of sp³-hybridized carbons (Fsp3) is 0.857. The van der Waals surface area contributed by atoms with Crippen molar-refractivity contribution < 1.29 is 26.7 Å². The van der Waals surface area contributed by atoms with Crippen molar-refractivity contribution in [3.05, 3.63) is 0 Å². The molecule has 0 saturated carbocycles. The zero-order chi connectivity index (χ0) is 12.1. The van der Waals surface area contributed by atoms with Crippen LogP contribution in [-0.2, 0) is 4.79 Å². The third-order valence-electron chi connectivity index (χ3n) is 1.56. The van der Waals surface area contributed by atoms with E-state index in [-0.39, 0.29) is 19.5 Å². The Bertz CT molecular complexity index is 216. The van der Waals surface area contributed by atoms with Crippen molar-refractivity contribution in [2.24, 2.45) is 5.73 Å². The van der Waals surface area contributed by atoms with Crippen LogP contribution in [0.25, 0.3) is 0 Å². The molecule has 8 heteroatoms. The summed E-state index contributed by atoms with van der Waals surface area (Å²) in [5, 5.41) is 1.50. The van der Waals surface area contributed by atoms with Gasteiger partial charge in [-0.1, -0.05) is 0 Å². The number of hydrogen-bond donors (Lipinski definition) is 2. The highest BCUT2D eigenvalue weighted by molar-refractivity contribution is 5.84. The molecule has 3 N–H and O–H groups in total. The van der Waals surface area contributed by atoms with Crippen LogP contribution in [-0.4, -0.2) is 31.1 Å². The second-order valence-corrected chi connectivity index (χ2v) is 2.82. The minimum Gasteiger partial charge on any atom is -0.351 e. The van der Waals surface area contributed by atoms with E-state index in [1.807, 2.05) is 0 Å². The molecule has 0 aromatic carbocycles. The summed E-state index contributed by atoms with van der Waals surface area (Å²) in [5.41, 5.74) is 5.06. The van der Waals surface area contributed by atoms with Gasteiger partial charge in [0, 0.05) is 6.54 Å². The normalized spacial score (nSPS) is 12.7. The molecule has 0 aromatic heterocycles.